The highest BCUT2D eigenvalue weighted by atomic mass is 32.2. The van der Waals surface area contributed by atoms with Gasteiger partial charge in [-0.25, -0.2) is 9.97 Å². The van der Waals surface area contributed by atoms with Crippen LogP contribution in [0.5, 0.6) is 0 Å². The molecule has 0 radical (unpaired) electrons. The van der Waals surface area contributed by atoms with Gasteiger partial charge in [0.2, 0.25) is 5.91 Å². The van der Waals surface area contributed by atoms with Gasteiger partial charge in [-0.3, -0.25) is 9.48 Å². The molecule has 9 heteroatoms. The van der Waals surface area contributed by atoms with Gasteiger partial charge in [-0.2, -0.15) is 10.4 Å². The third kappa shape index (κ3) is 4.04. The minimum absolute atomic E-state index is 0.222. The minimum atomic E-state index is -0.438. The number of thioether (sulfide) groups is 1. The van der Waals surface area contributed by atoms with Gasteiger partial charge in [0.15, 0.2) is 0 Å². The standard InChI is InChI=1S/C22H20N6OS2/c1-12-5-6-15(7-13(12)2)17-10-30-21-18(17)22(25-11-24-21)31-14(3)20(29)27-19-16(8-23)9-26-28(19)4/h5-7,9-11,14H,1-4H3,(H,27,29). The van der Waals surface area contributed by atoms with Crippen LogP contribution in [0.4, 0.5) is 5.82 Å². The number of fused-ring (bicyclic) bond motifs is 1. The summed E-state index contributed by atoms with van der Waals surface area (Å²) >= 11 is 2.94. The topological polar surface area (TPSA) is 96.5 Å². The summed E-state index contributed by atoms with van der Waals surface area (Å²) in [5.41, 5.74) is 4.97. The van der Waals surface area contributed by atoms with Gasteiger partial charge in [-0.1, -0.05) is 30.0 Å². The van der Waals surface area contributed by atoms with Crippen molar-refractivity contribution < 1.29 is 4.79 Å². The van der Waals surface area contributed by atoms with Crippen LogP contribution >= 0.6 is 23.1 Å². The van der Waals surface area contributed by atoms with E-state index in [1.165, 1.54) is 40.1 Å². The van der Waals surface area contributed by atoms with Crippen LogP contribution in [0.2, 0.25) is 0 Å². The summed E-state index contributed by atoms with van der Waals surface area (Å²) < 4.78 is 1.48. The number of anilines is 1. The Balaban J connectivity index is 1.64. The molecule has 1 amide bonds. The van der Waals surface area contributed by atoms with Crippen LogP contribution in [0.15, 0.2) is 41.1 Å². The van der Waals surface area contributed by atoms with Crippen molar-refractivity contribution in [1.29, 1.82) is 5.26 Å². The molecule has 4 rings (SSSR count). The number of aryl methyl sites for hydroxylation is 3. The molecule has 0 saturated heterocycles. The van der Waals surface area contributed by atoms with Crippen molar-refractivity contribution in [3.63, 3.8) is 0 Å². The predicted octanol–water partition coefficient (Wildman–Crippen LogP) is 4.70. The predicted molar refractivity (Wildman–Crippen MR) is 124 cm³/mol. The van der Waals surface area contributed by atoms with Gasteiger partial charge in [-0.15, -0.1) is 11.3 Å². The zero-order chi connectivity index (χ0) is 22.1. The van der Waals surface area contributed by atoms with E-state index in [0.717, 1.165) is 26.4 Å². The van der Waals surface area contributed by atoms with Crippen LogP contribution in [-0.4, -0.2) is 30.9 Å². The first-order valence-electron chi connectivity index (χ1n) is 9.58. The Hall–Kier alpha value is -3.22. The van der Waals surface area contributed by atoms with Gasteiger partial charge in [0.1, 0.15) is 33.6 Å². The zero-order valence-corrected chi connectivity index (χ0v) is 19.1. The van der Waals surface area contributed by atoms with E-state index in [0.29, 0.717) is 11.4 Å². The fourth-order valence-corrected chi connectivity index (χ4v) is 5.08. The van der Waals surface area contributed by atoms with Crippen LogP contribution in [-0.2, 0) is 11.8 Å². The summed E-state index contributed by atoms with van der Waals surface area (Å²) in [6, 6.07) is 8.43. The number of nitrogens with zero attached hydrogens (tertiary/aromatic N) is 5. The molecule has 1 unspecified atom stereocenters. The Kier molecular flexibility index (Phi) is 5.76. The monoisotopic (exact) mass is 448 g/mol. The molecular formula is C22H20N6OS2. The summed E-state index contributed by atoms with van der Waals surface area (Å²) in [6.07, 6.45) is 2.97. The Morgan fingerprint density at radius 1 is 1.29 bits per heavy atom. The quantitative estimate of drug-likeness (QED) is 0.351. The number of rotatable bonds is 5. The molecule has 3 heterocycles. The molecule has 1 aromatic carbocycles. The number of benzene rings is 1. The maximum Gasteiger partial charge on any atom is 0.238 e. The lowest BCUT2D eigenvalue weighted by Gasteiger charge is -2.13. The number of hydrogen-bond acceptors (Lipinski definition) is 7. The molecule has 7 nitrogen and oxygen atoms in total. The Morgan fingerprint density at radius 3 is 2.84 bits per heavy atom. The first-order chi connectivity index (χ1) is 14.9. The second kappa shape index (κ2) is 8.49. The fourth-order valence-electron chi connectivity index (χ4n) is 3.17. The van der Waals surface area contributed by atoms with E-state index >= 15 is 0 Å². The number of amides is 1. The van der Waals surface area contributed by atoms with Gasteiger partial charge < -0.3 is 5.32 Å². The normalized spacial score (nSPS) is 12.0. The van der Waals surface area contributed by atoms with E-state index in [4.69, 9.17) is 0 Å². The number of aromatic nitrogens is 4. The van der Waals surface area contributed by atoms with Crippen LogP contribution in [0.3, 0.4) is 0 Å². The molecule has 3 aromatic heterocycles. The zero-order valence-electron chi connectivity index (χ0n) is 17.5. The summed E-state index contributed by atoms with van der Waals surface area (Å²) in [6.45, 7) is 6.01. The molecule has 0 aliphatic heterocycles. The van der Waals surface area contributed by atoms with Gasteiger partial charge >= 0.3 is 0 Å². The Morgan fingerprint density at radius 2 is 2.10 bits per heavy atom. The molecule has 0 aliphatic rings. The van der Waals surface area contributed by atoms with Crippen LogP contribution < -0.4 is 5.32 Å². The maximum absolute atomic E-state index is 12.8. The number of hydrogen-bond donors (Lipinski definition) is 1. The van der Waals surface area contributed by atoms with Gasteiger partial charge in [0, 0.05) is 18.0 Å². The second-order valence-corrected chi connectivity index (χ2v) is 9.39. The molecule has 4 aromatic rings. The van der Waals surface area contributed by atoms with Crippen molar-refractivity contribution in [3.05, 3.63) is 52.8 Å². The second-order valence-electron chi connectivity index (χ2n) is 7.20. The first-order valence-corrected chi connectivity index (χ1v) is 11.3. The van der Waals surface area contributed by atoms with Crippen LogP contribution in [0, 0.1) is 25.2 Å². The molecule has 1 N–H and O–H groups in total. The largest absolute Gasteiger partial charge is 0.309 e. The highest BCUT2D eigenvalue weighted by Gasteiger charge is 2.22. The van der Waals surface area contributed by atoms with Gasteiger partial charge in [-0.05, 0) is 37.5 Å². The first kappa shape index (κ1) is 21.0. The van der Waals surface area contributed by atoms with E-state index in [1.54, 1.807) is 18.4 Å². The highest BCUT2D eigenvalue weighted by molar-refractivity contribution is 8.00. The van der Waals surface area contributed by atoms with Crippen LogP contribution in [0.25, 0.3) is 21.3 Å². The molecule has 0 aliphatic carbocycles. The molecule has 0 spiro atoms. The van der Waals surface area contributed by atoms with Crippen molar-refractivity contribution in [2.24, 2.45) is 7.05 Å². The lowest BCUT2D eigenvalue weighted by molar-refractivity contribution is -0.115. The number of nitrogens with one attached hydrogen (secondary N) is 1. The average molecular weight is 449 g/mol. The van der Waals surface area contributed by atoms with Crippen molar-refractivity contribution in [1.82, 2.24) is 19.7 Å². The summed E-state index contributed by atoms with van der Waals surface area (Å²) in [5.74, 6) is 0.166. The van der Waals surface area contributed by atoms with E-state index in [9.17, 15) is 10.1 Å². The smallest absolute Gasteiger partial charge is 0.238 e. The van der Waals surface area contributed by atoms with Gasteiger partial charge in [0.25, 0.3) is 0 Å². The Labute approximate surface area is 188 Å². The average Bonchev–Trinajstić information content (AvgIpc) is 3.34. The molecule has 31 heavy (non-hydrogen) atoms. The lowest BCUT2D eigenvalue weighted by Crippen LogP contribution is -2.24. The van der Waals surface area contributed by atoms with E-state index in [-0.39, 0.29) is 5.91 Å². The third-order valence-corrected chi connectivity index (χ3v) is 7.10. The SMILES string of the molecule is Cc1ccc(-c2csc3ncnc(SC(C)C(=O)Nc4c(C#N)cnn4C)c23)cc1C. The van der Waals surface area contributed by atoms with Crippen LogP contribution in [0.1, 0.15) is 23.6 Å². The summed E-state index contributed by atoms with van der Waals surface area (Å²) in [4.78, 5) is 22.6. The van der Waals surface area contributed by atoms with E-state index in [1.807, 2.05) is 13.0 Å². The number of carbonyl (C=O) groups is 1. The van der Waals surface area contributed by atoms with Crippen molar-refractivity contribution >= 4 is 45.0 Å². The third-order valence-electron chi connectivity index (χ3n) is 5.11. The molecule has 0 saturated carbocycles. The van der Waals surface area contributed by atoms with Crippen molar-refractivity contribution in [2.75, 3.05) is 5.32 Å². The molecule has 156 valence electrons. The van der Waals surface area contributed by atoms with Crippen molar-refractivity contribution in [3.8, 4) is 17.2 Å². The number of nitriles is 1. The number of carbonyl (C=O) groups excluding carboxylic acids is 1. The Bertz CT molecular complexity index is 1330. The van der Waals surface area contributed by atoms with Gasteiger partial charge in [0.05, 0.1) is 16.8 Å². The fraction of sp³-hybridized carbons (Fsp3) is 0.227. The van der Waals surface area contributed by atoms with E-state index < -0.39 is 5.25 Å². The van der Waals surface area contributed by atoms with E-state index in [2.05, 4.69) is 57.8 Å². The van der Waals surface area contributed by atoms with Crippen molar-refractivity contribution in [2.45, 2.75) is 31.0 Å². The minimum Gasteiger partial charge on any atom is -0.309 e. The molecule has 1 atom stereocenters. The molecule has 0 fully saturated rings. The number of thiophene rings is 1. The molecule has 0 bridgehead atoms. The lowest BCUT2D eigenvalue weighted by atomic mass is 10.0. The maximum atomic E-state index is 12.8. The summed E-state index contributed by atoms with van der Waals surface area (Å²) in [7, 11) is 1.68. The summed E-state index contributed by atoms with van der Waals surface area (Å²) in [5, 5.41) is 19.4. The molecular weight excluding hydrogens is 428 g/mol. The highest BCUT2D eigenvalue weighted by Crippen LogP contribution is 2.39.